The molecule has 0 aliphatic rings. The smallest absolute Gasteiger partial charge is 0.248 e. The molecule has 0 aliphatic heterocycles. The highest BCUT2D eigenvalue weighted by Gasteiger charge is 2.11. The van der Waals surface area contributed by atoms with E-state index in [9.17, 15) is 4.79 Å². The van der Waals surface area contributed by atoms with Crippen LogP contribution < -0.4 is 21.1 Å². The molecule has 0 saturated carbocycles. The summed E-state index contributed by atoms with van der Waals surface area (Å²) in [5.74, 6) is 1.10. The number of carbonyl (C=O) groups excluding carboxylic acids is 1. The van der Waals surface area contributed by atoms with E-state index in [1.54, 1.807) is 42.5 Å². The minimum absolute atomic E-state index is 0.130. The third kappa shape index (κ3) is 4.65. The summed E-state index contributed by atoms with van der Waals surface area (Å²) in [6.45, 7) is 3.34. The fraction of sp³-hybridized carbons (Fsp3) is 0.105. The zero-order valence-corrected chi connectivity index (χ0v) is 15.5. The van der Waals surface area contributed by atoms with Crippen LogP contribution in [0.5, 0.6) is 11.6 Å². The van der Waals surface area contributed by atoms with E-state index in [1.807, 2.05) is 6.92 Å². The molecule has 7 nitrogen and oxygen atoms in total. The summed E-state index contributed by atoms with van der Waals surface area (Å²) < 4.78 is 5.76. The van der Waals surface area contributed by atoms with E-state index in [4.69, 9.17) is 22.1 Å². The van der Waals surface area contributed by atoms with Gasteiger partial charge in [0.15, 0.2) is 5.82 Å². The van der Waals surface area contributed by atoms with Gasteiger partial charge >= 0.3 is 0 Å². The molecule has 0 atom stereocenters. The van der Waals surface area contributed by atoms with Crippen molar-refractivity contribution in [2.45, 2.75) is 13.8 Å². The summed E-state index contributed by atoms with van der Waals surface area (Å²) in [6.07, 6.45) is 1.36. The van der Waals surface area contributed by atoms with Crippen molar-refractivity contribution in [3.8, 4) is 11.6 Å². The molecule has 0 bridgehead atoms. The topological polar surface area (TPSA) is 102 Å². The lowest BCUT2D eigenvalue weighted by Gasteiger charge is -2.12. The van der Waals surface area contributed by atoms with Gasteiger partial charge in [-0.2, -0.15) is 4.98 Å². The molecule has 3 aromatic rings. The van der Waals surface area contributed by atoms with E-state index in [0.29, 0.717) is 22.3 Å². The summed E-state index contributed by atoms with van der Waals surface area (Å²) in [5, 5.41) is 6.47. The average Bonchev–Trinajstić information content (AvgIpc) is 2.63. The van der Waals surface area contributed by atoms with Crippen molar-refractivity contribution in [3.05, 3.63) is 59.4 Å². The number of ether oxygens (including phenoxy) is 1. The number of nitrogens with zero attached hydrogens (tertiary/aromatic N) is 2. The number of hydrogen-bond acceptors (Lipinski definition) is 6. The molecule has 3 rings (SSSR count). The SMILES string of the molecule is CC(=O)Nc1ccc(Nc2ncnc(Oc3ccc(Cl)c(C)c3)c2N)cc1. The molecule has 1 amide bonds. The monoisotopic (exact) mass is 383 g/mol. The predicted molar refractivity (Wildman–Crippen MR) is 107 cm³/mol. The molecule has 0 radical (unpaired) electrons. The summed E-state index contributed by atoms with van der Waals surface area (Å²) in [7, 11) is 0. The van der Waals surface area contributed by atoms with Crippen LogP contribution in [0.3, 0.4) is 0 Å². The van der Waals surface area contributed by atoms with Crippen molar-refractivity contribution in [2.24, 2.45) is 0 Å². The lowest BCUT2D eigenvalue weighted by atomic mass is 10.2. The summed E-state index contributed by atoms with van der Waals surface area (Å²) in [6, 6.07) is 12.4. The molecule has 138 valence electrons. The standard InChI is InChI=1S/C19H18ClN5O2/c1-11-9-15(7-8-16(11)20)27-19-17(21)18(22-10-23-19)25-14-5-3-13(4-6-14)24-12(2)26/h3-10H,21H2,1-2H3,(H,24,26)(H,22,23,25). The molecule has 1 aromatic heterocycles. The number of rotatable bonds is 5. The Morgan fingerprint density at radius 2 is 1.81 bits per heavy atom. The van der Waals surface area contributed by atoms with Gasteiger partial charge in [-0.15, -0.1) is 0 Å². The number of aryl methyl sites for hydroxylation is 1. The van der Waals surface area contributed by atoms with E-state index in [0.717, 1.165) is 11.3 Å². The van der Waals surface area contributed by atoms with Crippen LogP contribution in [0.4, 0.5) is 22.9 Å². The van der Waals surface area contributed by atoms with Crippen LogP contribution in [-0.2, 0) is 4.79 Å². The first-order valence-electron chi connectivity index (χ1n) is 8.11. The maximum absolute atomic E-state index is 11.1. The van der Waals surface area contributed by atoms with Gasteiger partial charge in [0, 0.05) is 23.3 Å². The Morgan fingerprint density at radius 3 is 2.48 bits per heavy atom. The number of anilines is 4. The average molecular weight is 384 g/mol. The van der Waals surface area contributed by atoms with E-state index in [-0.39, 0.29) is 17.5 Å². The van der Waals surface area contributed by atoms with Gasteiger partial charge in [-0.3, -0.25) is 4.79 Å². The third-order valence-electron chi connectivity index (χ3n) is 3.66. The Morgan fingerprint density at radius 1 is 1.11 bits per heavy atom. The Bertz CT molecular complexity index is 976. The molecular formula is C19H18ClN5O2. The molecule has 0 aliphatic carbocycles. The first-order valence-corrected chi connectivity index (χ1v) is 8.49. The van der Waals surface area contributed by atoms with Gasteiger partial charge in [-0.1, -0.05) is 11.6 Å². The van der Waals surface area contributed by atoms with Crippen molar-refractivity contribution in [2.75, 3.05) is 16.4 Å². The van der Waals surface area contributed by atoms with Crippen LogP contribution in [0.25, 0.3) is 0 Å². The van der Waals surface area contributed by atoms with Gasteiger partial charge in [0.1, 0.15) is 17.8 Å². The maximum atomic E-state index is 11.1. The molecule has 1 heterocycles. The second-order valence-corrected chi connectivity index (χ2v) is 6.24. The van der Waals surface area contributed by atoms with Gasteiger partial charge in [-0.05, 0) is 55.0 Å². The second kappa shape index (κ2) is 7.92. The van der Waals surface area contributed by atoms with Gasteiger partial charge < -0.3 is 21.1 Å². The molecule has 27 heavy (non-hydrogen) atoms. The van der Waals surface area contributed by atoms with E-state index < -0.39 is 0 Å². The number of carbonyl (C=O) groups is 1. The van der Waals surface area contributed by atoms with Crippen LogP contribution in [0.15, 0.2) is 48.8 Å². The van der Waals surface area contributed by atoms with Crippen LogP contribution in [0.2, 0.25) is 5.02 Å². The van der Waals surface area contributed by atoms with Crippen molar-refractivity contribution < 1.29 is 9.53 Å². The van der Waals surface area contributed by atoms with Gasteiger partial charge in [0.25, 0.3) is 0 Å². The van der Waals surface area contributed by atoms with Crippen molar-refractivity contribution in [1.82, 2.24) is 9.97 Å². The van der Waals surface area contributed by atoms with Crippen molar-refractivity contribution in [1.29, 1.82) is 0 Å². The van der Waals surface area contributed by atoms with Crippen LogP contribution in [-0.4, -0.2) is 15.9 Å². The van der Waals surface area contributed by atoms with Crippen LogP contribution in [0.1, 0.15) is 12.5 Å². The molecule has 0 fully saturated rings. The number of hydrogen-bond donors (Lipinski definition) is 3. The van der Waals surface area contributed by atoms with Crippen molar-refractivity contribution >= 4 is 40.4 Å². The minimum Gasteiger partial charge on any atom is -0.437 e. The van der Waals surface area contributed by atoms with E-state index in [2.05, 4.69) is 20.6 Å². The molecule has 0 unspecified atom stereocenters. The highest BCUT2D eigenvalue weighted by atomic mass is 35.5. The Hall–Kier alpha value is -3.32. The Kier molecular flexibility index (Phi) is 5.42. The fourth-order valence-corrected chi connectivity index (χ4v) is 2.45. The zero-order chi connectivity index (χ0) is 19.4. The highest BCUT2D eigenvalue weighted by Crippen LogP contribution is 2.32. The molecule has 2 aromatic carbocycles. The largest absolute Gasteiger partial charge is 0.437 e. The highest BCUT2D eigenvalue weighted by molar-refractivity contribution is 6.31. The lowest BCUT2D eigenvalue weighted by molar-refractivity contribution is -0.114. The molecule has 0 spiro atoms. The quantitative estimate of drug-likeness (QED) is 0.598. The van der Waals surface area contributed by atoms with Crippen molar-refractivity contribution in [3.63, 3.8) is 0 Å². The summed E-state index contributed by atoms with van der Waals surface area (Å²) in [4.78, 5) is 19.3. The second-order valence-electron chi connectivity index (χ2n) is 5.84. The predicted octanol–water partition coefficient (Wildman–Crippen LogP) is 4.51. The van der Waals surface area contributed by atoms with Gasteiger partial charge in [0.2, 0.25) is 11.8 Å². The van der Waals surface area contributed by atoms with E-state index >= 15 is 0 Å². The minimum atomic E-state index is -0.130. The number of nitrogens with one attached hydrogen (secondary N) is 2. The van der Waals surface area contributed by atoms with Crippen LogP contribution >= 0.6 is 11.6 Å². The molecular weight excluding hydrogens is 366 g/mol. The molecule has 8 heteroatoms. The number of halogens is 1. The number of aromatic nitrogens is 2. The number of nitrogens with two attached hydrogens (primary N) is 1. The normalized spacial score (nSPS) is 10.3. The lowest BCUT2D eigenvalue weighted by Crippen LogP contribution is -2.06. The van der Waals surface area contributed by atoms with Gasteiger partial charge in [0.05, 0.1) is 0 Å². The Labute approximate surface area is 161 Å². The Balaban J connectivity index is 1.78. The first-order chi connectivity index (χ1) is 12.9. The number of nitrogen functional groups attached to an aromatic ring is 1. The van der Waals surface area contributed by atoms with Gasteiger partial charge in [-0.25, -0.2) is 4.98 Å². The van der Waals surface area contributed by atoms with Crippen LogP contribution in [0, 0.1) is 6.92 Å². The molecule has 4 N–H and O–H groups in total. The number of amides is 1. The maximum Gasteiger partial charge on any atom is 0.248 e. The zero-order valence-electron chi connectivity index (χ0n) is 14.8. The number of benzene rings is 2. The molecule has 0 saturated heterocycles. The first kappa shape index (κ1) is 18.5. The summed E-state index contributed by atoms with van der Waals surface area (Å²) in [5.41, 5.74) is 8.76. The third-order valence-corrected chi connectivity index (χ3v) is 4.08. The van der Waals surface area contributed by atoms with E-state index in [1.165, 1.54) is 13.3 Å². The fourth-order valence-electron chi connectivity index (χ4n) is 2.33. The summed E-state index contributed by atoms with van der Waals surface area (Å²) >= 11 is 6.03.